The predicted octanol–water partition coefficient (Wildman–Crippen LogP) is 4.44. The van der Waals surface area contributed by atoms with Crippen molar-refractivity contribution >= 4 is 77.0 Å². The van der Waals surface area contributed by atoms with Gasteiger partial charge < -0.3 is 76.7 Å². The first-order valence-electron chi connectivity index (χ1n) is 36.1. The molecule has 0 radical (unpaired) electrons. The number of ether oxygens (including phenoxy) is 2. The van der Waals surface area contributed by atoms with Crippen LogP contribution in [0.3, 0.4) is 0 Å². The van der Waals surface area contributed by atoms with E-state index >= 15 is 0 Å². The van der Waals surface area contributed by atoms with Crippen LogP contribution in [0.4, 0.5) is 9.59 Å². The minimum atomic E-state index is -1.68. The Balaban J connectivity index is 0.000000291. The molecular weight excluding hydrogens is 1340 g/mol. The summed E-state index contributed by atoms with van der Waals surface area (Å²) in [6, 6.07) is 9.44. The molecule has 2 aliphatic heterocycles. The SMILES string of the molecule is CN(C)C(=O)[C@@H](NC(=O)CNC(=O)C(=O)C(CC1CC1)NC(=O)C1C2[C@H](CN1C(=O)C(NC(=O)OC(C)(C)C)C(C)(C)C)C2(C)C)c1ccccc1.CN(C)C(=O)[C@@H](NC(=O)CNC(=O)C(O)C(CC1CC1)NC(=O)C1C2[C@H](CN1C(=O)C(NC(=O)OC(C)(C)C)C(C)(C)C)C2(C)C)c1ccccc1. The van der Waals surface area contributed by atoms with Gasteiger partial charge in [0.1, 0.15) is 47.5 Å². The molecule has 28 nitrogen and oxygen atoms in total. The summed E-state index contributed by atoms with van der Waals surface area (Å²) in [5, 5.41) is 32.5. The molecule has 6 aliphatic rings. The average molecular weight is 1450 g/mol. The van der Waals surface area contributed by atoms with Gasteiger partial charge in [-0.15, -0.1) is 0 Å². The number of hydrogen-bond acceptors (Lipinski definition) is 16. The number of benzene rings is 2. The van der Waals surface area contributed by atoms with Crippen molar-refractivity contribution in [1.29, 1.82) is 0 Å². The first-order chi connectivity index (χ1) is 48.0. The molecule has 4 saturated carbocycles. The molecule has 9 N–H and O–H groups in total. The molecular formula is C76H114N12O16. The van der Waals surface area contributed by atoms with Crippen molar-refractivity contribution in [2.45, 2.75) is 215 Å². The second-order valence-electron chi connectivity index (χ2n) is 34.7. The molecule has 574 valence electrons. The lowest BCUT2D eigenvalue weighted by Gasteiger charge is -2.38. The molecule has 13 atom stereocenters. The zero-order chi connectivity index (χ0) is 77.8. The number of fused-ring (bicyclic) bond motifs is 2. The van der Waals surface area contributed by atoms with E-state index in [1.54, 1.807) is 130 Å². The number of likely N-dealkylation sites (tertiary alicyclic amines) is 2. The molecule has 4 aliphatic carbocycles. The van der Waals surface area contributed by atoms with Crippen LogP contribution in [-0.4, -0.2) is 210 Å². The third kappa shape index (κ3) is 21.3. The van der Waals surface area contributed by atoms with E-state index in [1.807, 2.05) is 69.2 Å². The predicted molar refractivity (Wildman–Crippen MR) is 385 cm³/mol. The van der Waals surface area contributed by atoms with Gasteiger partial charge in [0.2, 0.25) is 53.0 Å². The van der Waals surface area contributed by atoms with Gasteiger partial charge in [-0.3, -0.25) is 52.7 Å². The number of aliphatic hydroxyl groups is 1. The number of Topliss-reactive ketones (excluding diaryl/α,β-unsaturated/α-hetero) is 1. The largest absolute Gasteiger partial charge is 0.444 e. The van der Waals surface area contributed by atoms with E-state index in [9.17, 15) is 67.4 Å². The fourth-order valence-corrected chi connectivity index (χ4v) is 14.2. The number of amides is 12. The maximum atomic E-state index is 14.2. The molecule has 12 amide bonds. The maximum absolute atomic E-state index is 14.2. The van der Waals surface area contributed by atoms with E-state index in [0.717, 1.165) is 25.7 Å². The van der Waals surface area contributed by atoms with Gasteiger partial charge in [-0.05, 0) is 123 Å². The van der Waals surface area contributed by atoms with Crippen LogP contribution in [-0.2, 0) is 62.2 Å². The second kappa shape index (κ2) is 32.4. The molecule has 2 heterocycles. The lowest BCUT2D eigenvalue weighted by molar-refractivity contribution is -0.145. The summed E-state index contributed by atoms with van der Waals surface area (Å²) in [5.41, 5.74) is -2.33. The third-order valence-electron chi connectivity index (χ3n) is 20.5. The molecule has 104 heavy (non-hydrogen) atoms. The van der Waals surface area contributed by atoms with Crippen molar-refractivity contribution in [3.05, 3.63) is 71.8 Å². The monoisotopic (exact) mass is 1450 g/mol. The van der Waals surface area contributed by atoms with Gasteiger partial charge in [0.15, 0.2) is 6.10 Å². The van der Waals surface area contributed by atoms with Gasteiger partial charge in [0, 0.05) is 41.3 Å². The summed E-state index contributed by atoms with van der Waals surface area (Å²) in [4.78, 5) is 179. The standard InChI is InChI=1S/C38H58N6O8.C38H56N6O8/c2*1-36(2,3)30(42-35(51)52-37(4,5)6)34(50)44-20-23-26(38(23,7)8)28(44)31(47)40-24(18-21-16-17-21)29(46)32(48)39-19-25(45)41-27(33(49)43(9)10)22-14-12-11-13-15-22/h11-15,21,23-24,26-30,46H,16-20H2,1-10H3,(H,39,48)(H,40,47)(H,41,45)(H,42,51);11-15,21,23-24,26-28,30H,16-20H2,1-10H3,(H,39,48)(H,40,47)(H,41,45)(H,42,51)/t23-,24?,26?,27-,28?,29?,30?;23-,24?,26?,27-,28?,30?/m00/s1. The molecule has 2 saturated heterocycles. The van der Waals surface area contributed by atoms with Gasteiger partial charge in [0.05, 0.1) is 25.2 Å². The number of ketones is 1. The zero-order valence-corrected chi connectivity index (χ0v) is 64.4. The first-order valence-corrected chi connectivity index (χ1v) is 36.1. The smallest absolute Gasteiger partial charge is 0.408 e. The summed E-state index contributed by atoms with van der Waals surface area (Å²) in [6.45, 7) is 29.0. The van der Waals surface area contributed by atoms with Gasteiger partial charge >= 0.3 is 12.2 Å². The highest BCUT2D eigenvalue weighted by Gasteiger charge is 2.71. The molecule has 0 aromatic heterocycles. The van der Waals surface area contributed by atoms with Crippen LogP contribution in [0.5, 0.6) is 0 Å². The van der Waals surface area contributed by atoms with Crippen LogP contribution in [0.1, 0.15) is 173 Å². The van der Waals surface area contributed by atoms with E-state index in [-0.39, 0.29) is 64.6 Å². The summed E-state index contributed by atoms with van der Waals surface area (Å²) < 4.78 is 10.9. The topological polar surface area (TPSA) is 370 Å². The Labute approximate surface area is 611 Å². The fourth-order valence-electron chi connectivity index (χ4n) is 14.2. The van der Waals surface area contributed by atoms with Crippen molar-refractivity contribution < 1.29 is 76.9 Å². The summed E-state index contributed by atoms with van der Waals surface area (Å²) in [6.07, 6.45) is 0.872. The van der Waals surface area contributed by atoms with Gasteiger partial charge in [-0.25, -0.2) is 9.59 Å². The van der Waals surface area contributed by atoms with E-state index in [0.29, 0.717) is 30.6 Å². The third-order valence-corrected chi connectivity index (χ3v) is 20.5. The minimum absolute atomic E-state index is 0.0350. The Kier molecular flexibility index (Phi) is 25.7. The van der Waals surface area contributed by atoms with Crippen molar-refractivity contribution in [2.75, 3.05) is 54.4 Å². The molecule has 2 aromatic carbocycles. The average Bonchev–Trinajstić information content (AvgIpc) is 1.53. The van der Waals surface area contributed by atoms with E-state index in [4.69, 9.17) is 9.47 Å². The van der Waals surface area contributed by atoms with Crippen LogP contribution in [0.2, 0.25) is 0 Å². The number of hydrogen-bond donors (Lipinski definition) is 9. The van der Waals surface area contributed by atoms with Crippen LogP contribution in [0.15, 0.2) is 60.7 Å². The lowest BCUT2D eigenvalue weighted by Crippen LogP contribution is -2.61. The Morgan fingerprint density at radius 3 is 1.23 bits per heavy atom. The van der Waals surface area contributed by atoms with E-state index in [1.165, 1.54) is 19.6 Å². The van der Waals surface area contributed by atoms with Crippen LogP contribution < -0.4 is 42.5 Å². The molecule has 9 unspecified atom stereocenters. The van der Waals surface area contributed by atoms with Gasteiger partial charge in [-0.1, -0.05) is 156 Å². The number of nitrogens with one attached hydrogen (secondary N) is 8. The number of rotatable bonds is 26. The Bertz CT molecular complexity index is 3530. The van der Waals surface area contributed by atoms with E-state index in [2.05, 4.69) is 42.5 Å². The van der Waals surface area contributed by atoms with Gasteiger partial charge in [-0.2, -0.15) is 0 Å². The van der Waals surface area contributed by atoms with Crippen LogP contribution in [0.25, 0.3) is 0 Å². The number of carbonyl (C=O) groups excluding carboxylic acids is 13. The molecule has 0 spiro atoms. The Morgan fingerprint density at radius 2 is 0.875 bits per heavy atom. The van der Waals surface area contributed by atoms with Crippen molar-refractivity contribution in [3.63, 3.8) is 0 Å². The molecule has 0 bridgehead atoms. The van der Waals surface area contributed by atoms with Crippen molar-refractivity contribution in [2.24, 2.45) is 57.2 Å². The highest BCUT2D eigenvalue weighted by atomic mass is 16.6. The zero-order valence-electron chi connectivity index (χ0n) is 64.4. The Morgan fingerprint density at radius 1 is 0.510 bits per heavy atom. The lowest BCUT2D eigenvalue weighted by atomic mass is 9.85. The second-order valence-corrected chi connectivity index (χ2v) is 34.7. The summed E-state index contributed by atoms with van der Waals surface area (Å²) in [5.74, 6) is -6.62. The first kappa shape index (κ1) is 82.6. The normalized spacial score (nSPS) is 22.5. The molecule has 28 heteroatoms. The minimum Gasteiger partial charge on any atom is -0.444 e. The highest BCUT2D eigenvalue weighted by Crippen LogP contribution is 2.66. The van der Waals surface area contributed by atoms with Crippen LogP contribution in [0, 0.1) is 57.2 Å². The highest BCUT2D eigenvalue weighted by molar-refractivity contribution is 6.38. The summed E-state index contributed by atoms with van der Waals surface area (Å²) in [7, 11) is 6.28. The van der Waals surface area contributed by atoms with E-state index < -0.39 is 155 Å². The maximum Gasteiger partial charge on any atom is 0.408 e. The summed E-state index contributed by atoms with van der Waals surface area (Å²) >= 11 is 0. The quantitative estimate of drug-likeness (QED) is 0.0588. The number of nitrogens with zero attached hydrogens (tertiary/aromatic N) is 4. The number of carbonyl (C=O) groups is 13. The van der Waals surface area contributed by atoms with Crippen molar-refractivity contribution in [1.82, 2.24) is 62.1 Å². The fraction of sp³-hybridized carbons (Fsp3) is 0.671. The molecule has 2 aromatic rings. The molecule has 6 fully saturated rings. The van der Waals surface area contributed by atoms with Gasteiger partial charge in [0.25, 0.3) is 11.8 Å². The number of likely N-dealkylation sites (N-methyl/N-ethyl adjacent to an activating group) is 2. The molecule has 8 rings (SSSR count). The van der Waals surface area contributed by atoms with Crippen molar-refractivity contribution in [3.8, 4) is 0 Å². The number of alkyl carbamates (subject to hydrolysis) is 2. The Hall–Kier alpha value is -8.69. The number of piperidine rings is 2. The number of aliphatic hydroxyl groups excluding tert-OH is 1. The van der Waals surface area contributed by atoms with Crippen LogP contribution >= 0.6 is 0 Å².